The van der Waals surface area contributed by atoms with Crippen molar-refractivity contribution >= 4 is 48.3 Å². The van der Waals surface area contributed by atoms with E-state index in [1.165, 1.54) is 12.1 Å². The standard InChI is InChI=1S/C19H12N2O4S.K/c1-10-4-2-7-14-17(10)21-18(20-14)12-6-3-5-11-15(26(23,24)25)9-8-13(16(11)12)19(21)22;/h2-9H,1H3,(H,23,24,25);/q;+1/p-1. The topological polar surface area (TPSA) is 91.6 Å². The molecule has 128 valence electrons. The first-order valence-corrected chi connectivity index (χ1v) is 9.33. The van der Waals surface area contributed by atoms with Crippen LogP contribution in [0.3, 0.4) is 0 Å². The molecule has 2 aromatic heterocycles. The minimum atomic E-state index is -4.66. The normalized spacial score (nSPS) is 12.2. The van der Waals surface area contributed by atoms with Crippen LogP contribution in [-0.4, -0.2) is 22.4 Å². The number of hydrogen-bond donors (Lipinski definition) is 0. The number of aryl methyl sites for hydroxylation is 1. The van der Waals surface area contributed by atoms with Crippen molar-refractivity contribution in [2.75, 3.05) is 0 Å². The molecule has 5 rings (SSSR count). The van der Waals surface area contributed by atoms with Crippen molar-refractivity contribution in [3.05, 3.63) is 64.4 Å². The molecule has 0 amide bonds. The molecular weight excluding hydrogens is 391 g/mol. The fourth-order valence-electron chi connectivity index (χ4n) is 3.76. The molecule has 0 aliphatic carbocycles. The van der Waals surface area contributed by atoms with Gasteiger partial charge in [0.1, 0.15) is 15.8 Å². The van der Waals surface area contributed by atoms with Gasteiger partial charge in [-0.3, -0.25) is 9.20 Å². The summed E-state index contributed by atoms with van der Waals surface area (Å²) in [6.07, 6.45) is 0. The van der Waals surface area contributed by atoms with E-state index in [0.29, 0.717) is 27.3 Å². The molecule has 0 radical (unpaired) electrons. The summed E-state index contributed by atoms with van der Waals surface area (Å²) in [7, 11) is -4.66. The third-order valence-corrected chi connectivity index (χ3v) is 5.72. The Morgan fingerprint density at radius 3 is 2.41 bits per heavy atom. The first-order chi connectivity index (χ1) is 12.4. The van der Waals surface area contributed by atoms with Gasteiger partial charge in [0.15, 0.2) is 0 Å². The molecule has 0 fully saturated rings. The molecule has 0 spiro atoms. The number of pyridine rings is 1. The summed E-state index contributed by atoms with van der Waals surface area (Å²) >= 11 is 0. The van der Waals surface area contributed by atoms with E-state index in [9.17, 15) is 17.8 Å². The fraction of sp³-hybridized carbons (Fsp3) is 0.0526. The zero-order valence-electron chi connectivity index (χ0n) is 14.6. The Hall–Kier alpha value is -1.39. The maximum absolute atomic E-state index is 13.2. The number of rotatable bonds is 1. The molecule has 0 unspecified atom stereocenters. The zero-order chi connectivity index (χ0) is 18.2. The van der Waals surface area contributed by atoms with Crippen LogP contribution in [0.15, 0.2) is 58.2 Å². The molecule has 6 nitrogen and oxygen atoms in total. The molecule has 27 heavy (non-hydrogen) atoms. The van der Waals surface area contributed by atoms with Crippen LogP contribution in [0.1, 0.15) is 5.56 Å². The van der Waals surface area contributed by atoms with Gasteiger partial charge < -0.3 is 4.55 Å². The molecule has 2 heterocycles. The van der Waals surface area contributed by atoms with Crippen LogP contribution in [0.5, 0.6) is 0 Å². The minimum absolute atomic E-state index is 0. The Morgan fingerprint density at radius 2 is 1.67 bits per heavy atom. The number of benzene rings is 3. The van der Waals surface area contributed by atoms with Crippen LogP contribution in [0.4, 0.5) is 0 Å². The van der Waals surface area contributed by atoms with Crippen LogP contribution in [0, 0.1) is 6.92 Å². The number of nitrogens with zero attached hydrogens (tertiary/aromatic N) is 2. The maximum atomic E-state index is 13.2. The van der Waals surface area contributed by atoms with E-state index in [0.717, 1.165) is 11.1 Å². The summed E-state index contributed by atoms with van der Waals surface area (Å²) in [5.41, 5.74) is 2.52. The largest absolute Gasteiger partial charge is 1.00 e. The van der Waals surface area contributed by atoms with Crippen molar-refractivity contribution in [3.63, 3.8) is 0 Å². The number of fused-ring (bicyclic) bond motifs is 4. The third-order valence-electron chi connectivity index (χ3n) is 4.82. The third kappa shape index (κ3) is 2.60. The summed E-state index contributed by atoms with van der Waals surface area (Å²) in [6.45, 7) is 1.91. The maximum Gasteiger partial charge on any atom is 1.00 e. The molecule has 0 aliphatic rings. The van der Waals surface area contributed by atoms with Crippen LogP contribution in [0.25, 0.3) is 38.2 Å². The summed E-state index contributed by atoms with van der Waals surface area (Å²) in [5, 5.41) is 1.70. The smallest absolute Gasteiger partial charge is 0.744 e. The Kier molecular flexibility index (Phi) is 4.43. The average molecular weight is 402 g/mol. The molecular formula is C19H11KN2O4S. The first kappa shape index (κ1) is 18.9. The van der Waals surface area contributed by atoms with E-state index in [1.54, 1.807) is 22.6 Å². The monoisotopic (exact) mass is 402 g/mol. The van der Waals surface area contributed by atoms with Crippen molar-refractivity contribution in [1.29, 1.82) is 0 Å². The SMILES string of the molecule is Cc1cccc2nc3c4cccc5c(S(=O)(=O)[O-])ccc(c(=O)n3c12)c54.[K+]. The summed E-state index contributed by atoms with van der Waals surface area (Å²) in [6, 6.07) is 13.2. The van der Waals surface area contributed by atoms with Gasteiger partial charge in [0.25, 0.3) is 5.56 Å². The van der Waals surface area contributed by atoms with Gasteiger partial charge in [0, 0.05) is 21.5 Å². The van der Waals surface area contributed by atoms with E-state index in [-0.39, 0.29) is 67.2 Å². The van der Waals surface area contributed by atoms with E-state index < -0.39 is 10.1 Å². The van der Waals surface area contributed by atoms with E-state index in [1.807, 2.05) is 25.1 Å². The zero-order valence-corrected chi connectivity index (χ0v) is 18.5. The van der Waals surface area contributed by atoms with Gasteiger partial charge >= 0.3 is 51.4 Å². The molecule has 0 bridgehead atoms. The predicted octanol–water partition coefficient (Wildman–Crippen LogP) is -0.192. The van der Waals surface area contributed by atoms with E-state index in [2.05, 4.69) is 4.98 Å². The van der Waals surface area contributed by atoms with E-state index >= 15 is 0 Å². The summed E-state index contributed by atoms with van der Waals surface area (Å²) in [4.78, 5) is 17.4. The second kappa shape index (κ2) is 6.31. The van der Waals surface area contributed by atoms with Crippen molar-refractivity contribution in [2.45, 2.75) is 11.8 Å². The Balaban J connectivity index is 0.00000180. The fourth-order valence-corrected chi connectivity index (χ4v) is 4.43. The predicted molar refractivity (Wildman–Crippen MR) is 97.9 cm³/mol. The molecule has 0 saturated carbocycles. The Labute approximate surface area is 196 Å². The Morgan fingerprint density at radius 1 is 0.963 bits per heavy atom. The van der Waals surface area contributed by atoms with Gasteiger partial charge in [-0.1, -0.05) is 30.3 Å². The first-order valence-electron chi connectivity index (χ1n) is 7.92. The van der Waals surface area contributed by atoms with Crippen LogP contribution in [-0.2, 0) is 10.1 Å². The van der Waals surface area contributed by atoms with Gasteiger partial charge in [0.05, 0.1) is 15.9 Å². The van der Waals surface area contributed by atoms with Gasteiger partial charge in [-0.25, -0.2) is 13.4 Å². The molecule has 5 aromatic rings. The second-order valence-corrected chi connectivity index (χ2v) is 7.66. The van der Waals surface area contributed by atoms with Gasteiger partial charge in [-0.2, -0.15) is 0 Å². The molecule has 0 saturated heterocycles. The average Bonchev–Trinajstić information content (AvgIpc) is 2.99. The molecule has 3 aromatic carbocycles. The summed E-state index contributed by atoms with van der Waals surface area (Å²) < 4.78 is 36.4. The Bertz CT molecular complexity index is 1540. The number of aromatic nitrogens is 2. The van der Waals surface area contributed by atoms with Gasteiger partial charge in [-0.15, -0.1) is 0 Å². The molecule has 8 heteroatoms. The van der Waals surface area contributed by atoms with Gasteiger partial charge in [-0.05, 0) is 30.7 Å². The molecule has 0 N–H and O–H groups in total. The van der Waals surface area contributed by atoms with Crippen molar-refractivity contribution in [3.8, 4) is 0 Å². The van der Waals surface area contributed by atoms with Crippen molar-refractivity contribution < 1.29 is 64.4 Å². The second-order valence-electron chi connectivity index (χ2n) is 6.31. The van der Waals surface area contributed by atoms with Crippen LogP contribution in [0.2, 0.25) is 0 Å². The van der Waals surface area contributed by atoms with Crippen LogP contribution < -0.4 is 56.9 Å². The molecule has 0 atom stereocenters. The number of imidazole rings is 1. The molecule has 0 aliphatic heterocycles. The van der Waals surface area contributed by atoms with Gasteiger partial charge in [0.2, 0.25) is 0 Å². The minimum Gasteiger partial charge on any atom is -0.744 e. The van der Waals surface area contributed by atoms with Crippen LogP contribution >= 0.6 is 0 Å². The van der Waals surface area contributed by atoms with Crippen molar-refractivity contribution in [1.82, 2.24) is 9.38 Å². The van der Waals surface area contributed by atoms with Crippen molar-refractivity contribution in [2.24, 2.45) is 0 Å². The number of para-hydroxylation sites is 1. The summed E-state index contributed by atoms with van der Waals surface area (Å²) in [5.74, 6) is 0. The quantitative estimate of drug-likeness (QED) is 0.286. The van der Waals surface area contributed by atoms with E-state index in [4.69, 9.17) is 0 Å². The number of hydrogen-bond acceptors (Lipinski definition) is 5.